The van der Waals surface area contributed by atoms with E-state index in [-0.39, 0.29) is 18.0 Å². The van der Waals surface area contributed by atoms with E-state index in [9.17, 15) is 19.7 Å². The van der Waals surface area contributed by atoms with Crippen molar-refractivity contribution in [2.75, 3.05) is 6.54 Å². The summed E-state index contributed by atoms with van der Waals surface area (Å²) in [6.07, 6.45) is 5.36. The third-order valence-electron chi connectivity index (χ3n) is 2.78. The number of hydrogen-bond donors (Lipinski definition) is 2. The van der Waals surface area contributed by atoms with E-state index in [1.54, 1.807) is 17.2 Å². The molecule has 2 rings (SSSR count). The molecular formula is C12H12N4O4S. The zero-order valence-electron chi connectivity index (χ0n) is 10.8. The second kappa shape index (κ2) is 6.29. The quantitative estimate of drug-likeness (QED) is 0.275. The topological polar surface area (TPSA) is 119 Å². The molecule has 0 saturated carbocycles. The van der Waals surface area contributed by atoms with Crippen molar-refractivity contribution in [1.82, 2.24) is 10.3 Å². The number of ketones is 1. The molecule has 0 fully saturated rings. The first-order valence-corrected chi connectivity index (χ1v) is 6.79. The fourth-order valence-corrected chi connectivity index (χ4v) is 2.55. The van der Waals surface area contributed by atoms with Crippen LogP contribution in [0.15, 0.2) is 35.5 Å². The van der Waals surface area contributed by atoms with Crippen molar-refractivity contribution in [3.63, 3.8) is 0 Å². The predicted octanol–water partition coefficient (Wildman–Crippen LogP) is 0.932. The summed E-state index contributed by atoms with van der Waals surface area (Å²) in [5.41, 5.74) is 2.36. The zero-order chi connectivity index (χ0) is 15.4. The van der Waals surface area contributed by atoms with Crippen LogP contribution in [0.4, 0.5) is 5.69 Å². The van der Waals surface area contributed by atoms with E-state index in [1.165, 1.54) is 17.6 Å². The fraction of sp³-hybridized carbons (Fsp3) is 0.167. The maximum absolute atomic E-state index is 12.1. The van der Waals surface area contributed by atoms with Gasteiger partial charge in [-0.2, -0.15) is 0 Å². The molecule has 1 aromatic rings. The molecule has 1 aromatic heterocycles. The molecule has 1 aliphatic heterocycles. The highest BCUT2D eigenvalue weighted by molar-refractivity contribution is 7.12. The molecule has 0 radical (unpaired) electrons. The van der Waals surface area contributed by atoms with Crippen molar-refractivity contribution in [1.29, 1.82) is 0 Å². The van der Waals surface area contributed by atoms with Gasteiger partial charge < -0.3 is 4.90 Å². The molecule has 3 N–H and O–H groups in total. The van der Waals surface area contributed by atoms with Gasteiger partial charge in [-0.3, -0.25) is 25.1 Å². The van der Waals surface area contributed by atoms with Crippen molar-refractivity contribution in [3.05, 3.63) is 50.5 Å². The van der Waals surface area contributed by atoms with Crippen molar-refractivity contribution in [3.8, 4) is 0 Å². The lowest BCUT2D eigenvalue weighted by Gasteiger charge is -2.19. The lowest BCUT2D eigenvalue weighted by molar-refractivity contribution is -0.384. The first-order valence-electron chi connectivity index (χ1n) is 5.91. The first kappa shape index (κ1) is 14.9. The fourth-order valence-electron chi connectivity index (χ4n) is 1.77. The van der Waals surface area contributed by atoms with Crippen molar-refractivity contribution in [2.24, 2.45) is 5.84 Å². The summed E-state index contributed by atoms with van der Waals surface area (Å²) in [4.78, 5) is 35.4. The Hall–Kier alpha value is -2.52. The molecular weight excluding hydrogens is 296 g/mol. The van der Waals surface area contributed by atoms with Gasteiger partial charge in [-0.15, -0.1) is 11.3 Å². The maximum atomic E-state index is 12.1. The molecule has 21 heavy (non-hydrogen) atoms. The van der Waals surface area contributed by atoms with Gasteiger partial charge in [-0.05, 0) is 6.42 Å². The highest BCUT2D eigenvalue weighted by atomic mass is 32.1. The van der Waals surface area contributed by atoms with Crippen LogP contribution in [0.2, 0.25) is 0 Å². The first-order chi connectivity index (χ1) is 10.0. The summed E-state index contributed by atoms with van der Waals surface area (Å²) in [6, 6.07) is 1.25. The average molecular weight is 308 g/mol. The molecule has 0 atom stereocenters. The van der Waals surface area contributed by atoms with Crippen LogP contribution in [0.25, 0.3) is 0 Å². The largest absolute Gasteiger partial charge is 0.346 e. The van der Waals surface area contributed by atoms with Crippen LogP contribution in [0.1, 0.15) is 16.1 Å². The van der Waals surface area contributed by atoms with E-state index < -0.39 is 10.8 Å². The lowest BCUT2D eigenvalue weighted by Crippen LogP contribution is -2.33. The number of Topliss-reactive ketones (excluding diaryl/α,β-unsaturated/α-hetero) is 1. The van der Waals surface area contributed by atoms with Crippen LogP contribution in [0.5, 0.6) is 0 Å². The Morgan fingerprint density at radius 3 is 2.90 bits per heavy atom. The summed E-state index contributed by atoms with van der Waals surface area (Å²) in [5.74, 6) is 4.39. The van der Waals surface area contributed by atoms with E-state index in [0.717, 1.165) is 11.3 Å². The molecule has 8 nitrogen and oxygen atoms in total. The van der Waals surface area contributed by atoms with Gasteiger partial charge in [0, 0.05) is 24.0 Å². The number of nitrogens with one attached hydrogen (secondary N) is 1. The standard InChI is InChI=1S/C12H12N4O4S/c13-14-12(18)8-2-1-3-15(5-8)6-10(17)11-4-9(7-21-11)16(19)20/h1,3-5,7H,2,6,13H2,(H,14,18). The number of rotatable bonds is 5. The summed E-state index contributed by atoms with van der Waals surface area (Å²) in [7, 11) is 0. The smallest absolute Gasteiger partial charge is 0.280 e. The average Bonchev–Trinajstić information content (AvgIpc) is 2.97. The highest BCUT2D eigenvalue weighted by Crippen LogP contribution is 2.22. The highest BCUT2D eigenvalue weighted by Gasteiger charge is 2.18. The van der Waals surface area contributed by atoms with Gasteiger partial charge in [0.1, 0.15) is 0 Å². The van der Waals surface area contributed by atoms with Gasteiger partial charge in [0.25, 0.3) is 11.6 Å². The Morgan fingerprint density at radius 2 is 2.29 bits per heavy atom. The van der Waals surface area contributed by atoms with Gasteiger partial charge >= 0.3 is 0 Å². The second-order valence-electron chi connectivity index (χ2n) is 4.24. The minimum atomic E-state index is -0.544. The monoisotopic (exact) mass is 308 g/mol. The molecule has 0 aromatic carbocycles. The molecule has 0 unspecified atom stereocenters. The van der Waals surface area contributed by atoms with Gasteiger partial charge in [0.15, 0.2) is 5.78 Å². The number of carbonyl (C=O) groups excluding carboxylic acids is 2. The number of nitro groups is 1. The minimum absolute atomic E-state index is 0.00445. The summed E-state index contributed by atoms with van der Waals surface area (Å²) < 4.78 is 0. The van der Waals surface area contributed by atoms with Gasteiger partial charge in [-0.1, -0.05) is 6.08 Å². The Bertz CT molecular complexity index is 649. The SMILES string of the molecule is NNC(=O)C1=CN(CC(=O)c2cc([N+](=O)[O-])cs2)C=CC1. The third kappa shape index (κ3) is 3.52. The Balaban J connectivity index is 2.06. The zero-order valence-corrected chi connectivity index (χ0v) is 11.6. The summed E-state index contributed by atoms with van der Waals surface area (Å²) in [5, 5.41) is 11.9. The number of hydrazine groups is 1. The number of carbonyl (C=O) groups is 2. The minimum Gasteiger partial charge on any atom is -0.346 e. The molecule has 9 heteroatoms. The predicted molar refractivity (Wildman–Crippen MR) is 76.2 cm³/mol. The van der Waals surface area contributed by atoms with Crippen LogP contribution in [-0.4, -0.2) is 28.1 Å². The lowest BCUT2D eigenvalue weighted by atomic mass is 10.1. The van der Waals surface area contributed by atoms with Crippen molar-refractivity contribution >= 4 is 28.7 Å². The maximum Gasteiger partial charge on any atom is 0.280 e. The van der Waals surface area contributed by atoms with Crippen molar-refractivity contribution < 1.29 is 14.5 Å². The van der Waals surface area contributed by atoms with E-state index >= 15 is 0 Å². The molecule has 0 spiro atoms. The van der Waals surface area contributed by atoms with E-state index in [4.69, 9.17) is 5.84 Å². The molecule has 1 aliphatic rings. The van der Waals surface area contributed by atoms with Crippen LogP contribution in [0.3, 0.4) is 0 Å². The number of hydrogen-bond acceptors (Lipinski definition) is 7. The van der Waals surface area contributed by atoms with E-state index in [1.807, 2.05) is 5.43 Å². The number of nitrogens with zero attached hydrogens (tertiary/aromatic N) is 2. The number of thiophene rings is 1. The molecule has 1 amide bonds. The van der Waals surface area contributed by atoms with Gasteiger partial charge in [0.05, 0.1) is 21.7 Å². The third-order valence-corrected chi connectivity index (χ3v) is 3.74. The summed E-state index contributed by atoms with van der Waals surface area (Å²) in [6.45, 7) is -0.00445. The van der Waals surface area contributed by atoms with E-state index in [0.29, 0.717) is 16.9 Å². The number of amides is 1. The normalized spacial score (nSPS) is 13.8. The molecule has 0 saturated heterocycles. The second-order valence-corrected chi connectivity index (χ2v) is 5.15. The van der Waals surface area contributed by atoms with Crippen LogP contribution >= 0.6 is 11.3 Å². The Kier molecular flexibility index (Phi) is 4.45. The van der Waals surface area contributed by atoms with Gasteiger partial charge in [0.2, 0.25) is 0 Å². The number of allylic oxidation sites excluding steroid dienone is 1. The van der Waals surface area contributed by atoms with Crippen LogP contribution in [-0.2, 0) is 4.79 Å². The van der Waals surface area contributed by atoms with Crippen LogP contribution < -0.4 is 11.3 Å². The molecule has 110 valence electrons. The van der Waals surface area contributed by atoms with Crippen LogP contribution in [0, 0.1) is 10.1 Å². The Morgan fingerprint density at radius 1 is 1.52 bits per heavy atom. The van der Waals surface area contributed by atoms with Gasteiger partial charge in [-0.25, -0.2) is 5.84 Å². The van der Waals surface area contributed by atoms with E-state index in [2.05, 4.69) is 0 Å². The molecule has 0 bridgehead atoms. The van der Waals surface area contributed by atoms with Crippen molar-refractivity contribution in [2.45, 2.75) is 6.42 Å². The Labute approximate surface area is 123 Å². The number of nitrogens with two attached hydrogens (primary N) is 1. The molecule has 2 heterocycles. The summed E-state index contributed by atoms with van der Waals surface area (Å²) >= 11 is 1.02. The molecule has 0 aliphatic carbocycles.